The molecule has 1 aromatic rings. The molecule has 0 fully saturated rings. The molecule has 0 radical (unpaired) electrons. The number of aromatic nitrogens is 2. The molecule has 0 bridgehead atoms. The molecule has 96 valence electrons. The Kier molecular flexibility index (Phi) is 4.73. The second-order valence-electron chi connectivity index (χ2n) is 4.71. The molecule has 0 aliphatic carbocycles. The fourth-order valence-corrected chi connectivity index (χ4v) is 1.98. The van der Waals surface area contributed by atoms with Gasteiger partial charge in [0, 0.05) is 18.3 Å². The Morgan fingerprint density at radius 3 is 2.65 bits per heavy atom. The van der Waals surface area contributed by atoms with Crippen LogP contribution < -0.4 is 0 Å². The van der Waals surface area contributed by atoms with Crippen LogP contribution in [0.4, 0.5) is 0 Å². The van der Waals surface area contributed by atoms with Gasteiger partial charge in [-0.15, -0.1) is 0 Å². The van der Waals surface area contributed by atoms with Crippen molar-refractivity contribution < 1.29 is 9.53 Å². The van der Waals surface area contributed by atoms with Gasteiger partial charge in [-0.2, -0.15) is 5.10 Å². The van der Waals surface area contributed by atoms with Gasteiger partial charge < -0.3 is 4.74 Å². The molecule has 4 heteroatoms. The molecule has 17 heavy (non-hydrogen) atoms. The number of rotatable bonds is 5. The summed E-state index contributed by atoms with van der Waals surface area (Å²) in [6, 6.07) is 0. The first kappa shape index (κ1) is 13.7. The van der Waals surface area contributed by atoms with Crippen molar-refractivity contribution in [2.24, 2.45) is 13.0 Å². The van der Waals surface area contributed by atoms with Gasteiger partial charge in [0.25, 0.3) is 0 Å². The molecule has 0 amide bonds. The van der Waals surface area contributed by atoms with E-state index in [0.29, 0.717) is 18.9 Å². The minimum atomic E-state index is -0.173. The quantitative estimate of drug-likeness (QED) is 0.737. The highest BCUT2D eigenvalue weighted by Crippen LogP contribution is 2.18. The zero-order valence-corrected chi connectivity index (χ0v) is 11.4. The van der Waals surface area contributed by atoms with E-state index in [4.69, 9.17) is 4.74 Å². The van der Waals surface area contributed by atoms with Gasteiger partial charge >= 0.3 is 5.97 Å². The number of nitrogens with zero attached hydrogens (tertiary/aromatic N) is 2. The Morgan fingerprint density at radius 1 is 1.47 bits per heavy atom. The highest BCUT2D eigenvalue weighted by atomic mass is 16.5. The predicted molar refractivity (Wildman–Crippen MR) is 66.8 cm³/mol. The molecule has 1 heterocycles. The maximum absolute atomic E-state index is 11.6. The molecule has 0 spiro atoms. The van der Waals surface area contributed by atoms with Crippen molar-refractivity contribution in [3.63, 3.8) is 0 Å². The van der Waals surface area contributed by atoms with Crippen LogP contribution >= 0.6 is 0 Å². The minimum Gasteiger partial charge on any atom is -0.466 e. The van der Waals surface area contributed by atoms with E-state index in [1.807, 2.05) is 25.6 Å². The average molecular weight is 238 g/mol. The standard InChI is InChI=1S/C13H22N2O2/c1-6-17-13(16)8-11-10(4)14-15(5)12(11)7-9(2)3/h9H,6-8H2,1-5H3. The first-order valence-electron chi connectivity index (χ1n) is 6.12. The average Bonchev–Trinajstić information content (AvgIpc) is 2.45. The second kappa shape index (κ2) is 5.84. The number of carbonyl (C=O) groups is 1. The van der Waals surface area contributed by atoms with Gasteiger partial charge in [-0.05, 0) is 26.2 Å². The first-order chi connectivity index (χ1) is 7.95. The van der Waals surface area contributed by atoms with Gasteiger partial charge in [-0.1, -0.05) is 13.8 Å². The molecule has 1 aromatic heterocycles. The minimum absolute atomic E-state index is 0.173. The smallest absolute Gasteiger partial charge is 0.310 e. The van der Waals surface area contributed by atoms with E-state index in [2.05, 4.69) is 18.9 Å². The van der Waals surface area contributed by atoms with Crippen LogP contribution in [0.5, 0.6) is 0 Å². The number of carbonyl (C=O) groups excluding carboxylic acids is 1. The Balaban J connectivity index is 2.92. The van der Waals surface area contributed by atoms with Crippen molar-refractivity contribution in [1.82, 2.24) is 9.78 Å². The fraction of sp³-hybridized carbons (Fsp3) is 0.692. The molecule has 0 aromatic carbocycles. The number of aryl methyl sites for hydroxylation is 2. The molecular formula is C13H22N2O2. The first-order valence-corrected chi connectivity index (χ1v) is 6.12. The summed E-state index contributed by atoms with van der Waals surface area (Å²) >= 11 is 0. The number of hydrogen-bond donors (Lipinski definition) is 0. The van der Waals surface area contributed by atoms with Gasteiger partial charge in [0.05, 0.1) is 18.7 Å². The normalized spacial score (nSPS) is 10.9. The summed E-state index contributed by atoms with van der Waals surface area (Å²) in [5.74, 6) is 0.374. The Bertz CT molecular complexity index is 394. The summed E-state index contributed by atoms with van der Waals surface area (Å²) in [5.41, 5.74) is 3.10. The molecule has 0 aliphatic rings. The summed E-state index contributed by atoms with van der Waals surface area (Å²) in [6.07, 6.45) is 1.27. The van der Waals surface area contributed by atoms with E-state index in [1.54, 1.807) is 0 Å². The van der Waals surface area contributed by atoms with E-state index in [1.165, 1.54) is 0 Å². The Hall–Kier alpha value is -1.32. The van der Waals surface area contributed by atoms with Gasteiger partial charge in [-0.3, -0.25) is 9.48 Å². The van der Waals surface area contributed by atoms with Crippen molar-refractivity contribution in [2.45, 2.75) is 40.5 Å². The number of ether oxygens (including phenoxy) is 1. The zero-order chi connectivity index (χ0) is 13.0. The Labute approximate surface area is 103 Å². The summed E-state index contributed by atoms with van der Waals surface area (Å²) in [7, 11) is 1.93. The van der Waals surface area contributed by atoms with Crippen LogP contribution in [0.2, 0.25) is 0 Å². The van der Waals surface area contributed by atoms with E-state index in [0.717, 1.165) is 23.4 Å². The number of esters is 1. The van der Waals surface area contributed by atoms with Gasteiger partial charge in [0.1, 0.15) is 0 Å². The Morgan fingerprint density at radius 2 is 2.12 bits per heavy atom. The van der Waals surface area contributed by atoms with E-state index >= 15 is 0 Å². The van der Waals surface area contributed by atoms with Gasteiger partial charge in [0.15, 0.2) is 0 Å². The molecule has 0 aliphatic heterocycles. The molecule has 0 saturated heterocycles. The SMILES string of the molecule is CCOC(=O)Cc1c(C)nn(C)c1CC(C)C. The zero-order valence-electron chi connectivity index (χ0n) is 11.4. The maximum atomic E-state index is 11.6. The van der Waals surface area contributed by atoms with Crippen molar-refractivity contribution in [3.05, 3.63) is 17.0 Å². The molecule has 0 saturated carbocycles. The van der Waals surface area contributed by atoms with Crippen molar-refractivity contribution in [2.75, 3.05) is 6.61 Å². The monoisotopic (exact) mass is 238 g/mol. The van der Waals surface area contributed by atoms with Crippen LogP contribution in [-0.4, -0.2) is 22.4 Å². The van der Waals surface area contributed by atoms with Crippen LogP contribution in [0, 0.1) is 12.8 Å². The lowest BCUT2D eigenvalue weighted by atomic mass is 10.0. The summed E-state index contributed by atoms with van der Waals surface area (Å²) < 4.78 is 6.87. The third-order valence-electron chi connectivity index (χ3n) is 2.70. The molecule has 4 nitrogen and oxygen atoms in total. The number of hydrogen-bond acceptors (Lipinski definition) is 3. The van der Waals surface area contributed by atoms with Gasteiger partial charge in [-0.25, -0.2) is 0 Å². The lowest BCUT2D eigenvalue weighted by Gasteiger charge is -2.09. The topological polar surface area (TPSA) is 44.1 Å². The van der Waals surface area contributed by atoms with Crippen LogP contribution in [0.1, 0.15) is 37.7 Å². The maximum Gasteiger partial charge on any atom is 0.310 e. The second-order valence-corrected chi connectivity index (χ2v) is 4.71. The molecule has 0 unspecified atom stereocenters. The molecule has 0 N–H and O–H groups in total. The van der Waals surface area contributed by atoms with Crippen LogP contribution in [0.15, 0.2) is 0 Å². The predicted octanol–water partition coefficient (Wildman–Crippen LogP) is 2.03. The third-order valence-corrected chi connectivity index (χ3v) is 2.70. The summed E-state index contributed by atoms with van der Waals surface area (Å²) in [4.78, 5) is 11.6. The lowest BCUT2D eigenvalue weighted by molar-refractivity contribution is -0.142. The summed E-state index contributed by atoms with van der Waals surface area (Å²) in [5, 5.41) is 4.39. The van der Waals surface area contributed by atoms with Crippen molar-refractivity contribution in [1.29, 1.82) is 0 Å². The fourth-order valence-electron chi connectivity index (χ4n) is 1.98. The summed E-state index contributed by atoms with van der Waals surface area (Å²) in [6.45, 7) is 8.52. The van der Waals surface area contributed by atoms with E-state index in [9.17, 15) is 4.79 Å². The van der Waals surface area contributed by atoms with E-state index < -0.39 is 0 Å². The molecule has 0 atom stereocenters. The largest absolute Gasteiger partial charge is 0.466 e. The molecule has 1 rings (SSSR count). The van der Waals surface area contributed by atoms with E-state index in [-0.39, 0.29) is 5.97 Å². The highest BCUT2D eigenvalue weighted by molar-refractivity contribution is 5.73. The van der Waals surface area contributed by atoms with Crippen LogP contribution in [0.3, 0.4) is 0 Å². The third kappa shape index (κ3) is 3.58. The lowest BCUT2D eigenvalue weighted by Crippen LogP contribution is -2.11. The van der Waals surface area contributed by atoms with Crippen LogP contribution in [0.25, 0.3) is 0 Å². The highest BCUT2D eigenvalue weighted by Gasteiger charge is 2.17. The van der Waals surface area contributed by atoms with Gasteiger partial charge in [0.2, 0.25) is 0 Å². The molecular weight excluding hydrogens is 216 g/mol. The van der Waals surface area contributed by atoms with Crippen molar-refractivity contribution >= 4 is 5.97 Å². The van der Waals surface area contributed by atoms with Crippen LogP contribution in [-0.2, 0) is 29.4 Å². The van der Waals surface area contributed by atoms with Crippen molar-refractivity contribution in [3.8, 4) is 0 Å².